The minimum absolute atomic E-state index is 0.0726. The van der Waals surface area contributed by atoms with Crippen LogP contribution in [0.15, 0.2) is 0 Å². The molecule has 8 heteroatoms. The van der Waals surface area contributed by atoms with E-state index < -0.39 is 17.7 Å². The third-order valence-corrected chi connectivity index (χ3v) is 5.59. The van der Waals surface area contributed by atoms with Gasteiger partial charge < -0.3 is 15.4 Å². The average molecular weight is 421 g/mol. The molecule has 2 fully saturated rings. The second-order valence-electron chi connectivity index (χ2n) is 9.18. The number of hydrogen-bond donors (Lipinski definition) is 2. The second-order valence-corrected chi connectivity index (χ2v) is 9.18. The number of piperidine rings is 1. The number of hydrogen-bond acceptors (Lipinski definition) is 5. The monoisotopic (exact) mass is 420 g/mol. The van der Waals surface area contributed by atoms with Crippen molar-refractivity contribution in [1.29, 1.82) is 0 Å². The molecule has 3 atom stereocenters. The first-order valence-corrected chi connectivity index (χ1v) is 10.8. The number of ether oxygens (including phenoxy) is 1. The van der Waals surface area contributed by atoms with Gasteiger partial charge in [0.1, 0.15) is 11.6 Å². The number of carbonyl (C=O) groups excluding carboxylic acids is 3. The van der Waals surface area contributed by atoms with Crippen molar-refractivity contribution >= 4 is 17.9 Å². The molecule has 8 nitrogen and oxygen atoms in total. The van der Waals surface area contributed by atoms with Crippen molar-refractivity contribution in [2.24, 2.45) is 5.92 Å². The maximum absolute atomic E-state index is 12.8. The number of likely N-dealkylation sites (tertiary alicyclic amines) is 2. The molecule has 0 aromatic heterocycles. The molecule has 168 valence electrons. The summed E-state index contributed by atoms with van der Waals surface area (Å²) in [6.07, 6.45) is 8.18. The third-order valence-electron chi connectivity index (χ3n) is 5.59. The minimum Gasteiger partial charge on any atom is -0.444 e. The van der Waals surface area contributed by atoms with E-state index in [0.29, 0.717) is 19.5 Å². The van der Waals surface area contributed by atoms with E-state index in [4.69, 9.17) is 11.2 Å². The van der Waals surface area contributed by atoms with Gasteiger partial charge in [0.05, 0.1) is 12.6 Å². The van der Waals surface area contributed by atoms with Gasteiger partial charge in [-0.1, -0.05) is 5.92 Å². The molecule has 2 saturated heterocycles. The minimum atomic E-state index is -0.588. The van der Waals surface area contributed by atoms with Crippen LogP contribution < -0.4 is 10.6 Å². The smallest absolute Gasteiger partial charge is 0.410 e. The van der Waals surface area contributed by atoms with E-state index in [-0.39, 0.29) is 30.3 Å². The summed E-state index contributed by atoms with van der Waals surface area (Å²) in [6, 6.07) is -0.734. The van der Waals surface area contributed by atoms with Crippen LogP contribution in [0.4, 0.5) is 4.79 Å². The van der Waals surface area contributed by atoms with Gasteiger partial charge in [-0.05, 0) is 65.8 Å². The molecule has 0 radical (unpaired) electrons. The van der Waals surface area contributed by atoms with Gasteiger partial charge >= 0.3 is 6.09 Å². The van der Waals surface area contributed by atoms with E-state index in [1.54, 1.807) is 0 Å². The first kappa shape index (κ1) is 24.0. The Kier molecular flexibility index (Phi) is 8.54. The summed E-state index contributed by atoms with van der Waals surface area (Å²) in [4.78, 5) is 41.0. The van der Waals surface area contributed by atoms with Crippen LogP contribution in [0.5, 0.6) is 0 Å². The molecule has 2 aliphatic heterocycles. The van der Waals surface area contributed by atoms with Gasteiger partial charge in [-0.15, -0.1) is 6.42 Å². The fraction of sp³-hybridized carbons (Fsp3) is 0.773. The van der Waals surface area contributed by atoms with Crippen molar-refractivity contribution < 1.29 is 19.1 Å². The van der Waals surface area contributed by atoms with E-state index in [0.717, 1.165) is 32.4 Å². The molecule has 2 aliphatic rings. The van der Waals surface area contributed by atoms with E-state index in [2.05, 4.69) is 21.5 Å². The molecule has 0 unspecified atom stereocenters. The number of nitrogens with zero attached hydrogens (tertiary/aromatic N) is 2. The molecule has 3 amide bonds. The van der Waals surface area contributed by atoms with Crippen molar-refractivity contribution in [1.82, 2.24) is 20.4 Å². The van der Waals surface area contributed by atoms with Crippen LogP contribution in [0.3, 0.4) is 0 Å². The SMILES string of the molecule is C#CCNC(=O)[C@H](C)N1CCC[C@H](CNC(=O)[C@H]2CCCN2C(=O)OC(C)(C)C)C1. The molecule has 2 heterocycles. The van der Waals surface area contributed by atoms with Gasteiger partial charge in [0.2, 0.25) is 11.8 Å². The molecule has 0 aliphatic carbocycles. The Labute approximate surface area is 180 Å². The second kappa shape index (κ2) is 10.7. The Morgan fingerprint density at radius 2 is 1.87 bits per heavy atom. The van der Waals surface area contributed by atoms with Gasteiger partial charge in [0.25, 0.3) is 0 Å². The molecule has 2 N–H and O–H groups in total. The Bertz CT molecular complexity index is 667. The molecule has 0 bridgehead atoms. The first-order valence-electron chi connectivity index (χ1n) is 10.8. The van der Waals surface area contributed by atoms with Crippen LogP contribution in [0.2, 0.25) is 0 Å². The van der Waals surface area contributed by atoms with E-state index in [9.17, 15) is 14.4 Å². The van der Waals surface area contributed by atoms with Crippen LogP contribution in [-0.2, 0) is 14.3 Å². The number of amides is 3. The molecular formula is C22H36N4O4. The fourth-order valence-corrected chi connectivity index (χ4v) is 4.01. The van der Waals surface area contributed by atoms with Crippen molar-refractivity contribution in [2.75, 3.05) is 32.7 Å². The van der Waals surface area contributed by atoms with Gasteiger partial charge in [-0.3, -0.25) is 19.4 Å². The molecular weight excluding hydrogens is 384 g/mol. The standard InChI is InChI=1S/C22H36N4O4/c1-6-11-23-19(27)16(2)25-12-7-9-17(15-25)14-24-20(28)18-10-8-13-26(18)21(29)30-22(3,4)5/h1,16-18H,7-15H2,2-5H3,(H,23,27)(H,24,28)/t16-,17+,18+/m0/s1. The summed E-state index contributed by atoms with van der Waals surface area (Å²) >= 11 is 0. The van der Waals surface area contributed by atoms with E-state index >= 15 is 0 Å². The van der Waals surface area contributed by atoms with Crippen molar-refractivity contribution in [3.05, 3.63) is 0 Å². The molecule has 0 saturated carbocycles. The van der Waals surface area contributed by atoms with Crippen molar-refractivity contribution in [2.45, 2.75) is 71.1 Å². The molecule has 0 spiro atoms. The zero-order valence-corrected chi connectivity index (χ0v) is 18.7. The zero-order chi connectivity index (χ0) is 22.3. The summed E-state index contributed by atoms with van der Waals surface area (Å²) < 4.78 is 5.44. The van der Waals surface area contributed by atoms with Crippen molar-refractivity contribution in [3.8, 4) is 12.3 Å². The lowest BCUT2D eigenvalue weighted by Gasteiger charge is -2.36. The maximum atomic E-state index is 12.8. The van der Waals surface area contributed by atoms with Gasteiger partial charge in [0, 0.05) is 19.6 Å². The molecule has 2 rings (SSSR count). The predicted octanol–water partition coefficient (Wildman–Crippen LogP) is 1.35. The zero-order valence-electron chi connectivity index (χ0n) is 18.7. The Balaban J connectivity index is 1.84. The maximum Gasteiger partial charge on any atom is 0.410 e. The Hall–Kier alpha value is -2.27. The Morgan fingerprint density at radius 1 is 1.17 bits per heavy atom. The summed E-state index contributed by atoms with van der Waals surface area (Å²) in [5.41, 5.74) is -0.588. The lowest BCUT2D eigenvalue weighted by Crippen LogP contribution is -2.52. The number of nitrogens with one attached hydrogen (secondary N) is 2. The van der Waals surface area contributed by atoms with Crippen LogP contribution in [0.1, 0.15) is 53.4 Å². The van der Waals surface area contributed by atoms with Gasteiger partial charge in [-0.25, -0.2) is 4.79 Å². The molecule has 0 aromatic carbocycles. The summed E-state index contributed by atoms with van der Waals surface area (Å²) in [7, 11) is 0. The number of carbonyl (C=O) groups is 3. The third kappa shape index (κ3) is 6.91. The highest BCUT2D eigenvalue weighted by molar-refractivity contribution is 5.86. The average Bonchev–Trinajstić information content (AvgIpc) is 3.19. The summed E-state index contributed by atoms with van der Waals surface area (Å²) in [6.45, 7) is 10.2. The molecule has 30 heavy (non-hydrogen) atoms. The predicted molar refractivity (Wildman–Crippen MR) is 115 cm³/mol. The highest BCUT2D eigenvalue weighted by Gasteiger charge is 2.37. The van der Waals surface area contributed by atoms with Crippen LogP contribution in [0.25, 0.3) is 0 Å². The molecule has 0 aromatic rings. The van der Waals surface area contributed by atoms with Crippen LogP contribution in [-0.4, -0.2) is 78.1 Å². The topological polar surface area (TPSA) is 91.0 Å². The van der Waals surface area contributed by atoms with E-state index in [1.165, 1.54) is 4.90 Å². The largest absolute Gasteiger partial charge is 0.444 e. The lowest BCUT2D eigenvalue weighted by molar-refractivity contribution is -0.127. The lowest BCUT2D eigenvalue weighted by atomic mass is 9.96. The fourth-order valence-electron chi connectivity index (χ4n) is 4.01. The van der Waals surface area contributed by atoms with Crippen LogP contribution in [0, 0.1) is 18.3 Å². The first-order chi connectivity index (χ1) is 14.1. The van der Waals surface area contributed by atoms with Crippen molar-refractivity contribution in [3.63, 3.8) is 0 Å². The normalized spacial score (nSPS) is 23.4. The Morgan fingerprint density at radius 3 is 2.53 bits per heavy atom. The highest BCUT2D eigenvalue weighted by atomic mass is 16.6. The number of terminal acetylenes is 1. The highest BCUT2D eigenvalue weighted by Crippen LogP contribution is 2.22. The van der Waals surface area contributed by atoms with Crippen LogP contribution >= 0.6 is 0 Å². The number of rotatable bonds is 6. The van der Waals surface area contributed by atoms with E-state index in [1.807, 2.05) is 27.7 Å². The quantitative estimate of drug-likeness (QED) is 0.633. The summed E-state index contributed by atoms with van der Waals surface area (Å²) in [5.74, 6) is 2.48. The van der Waals surface area contributed by atoms with Gasteiger partial charge in [-0.2, -0.15) is 0 Å². The summed E-state index contributed by atoms with van der Waals surface area (Å²) in [5, 5.41) is 5.75. The van der Waals surface area contributed by atoms with Gasteiger partial charge in [0.15, 0.2) is 0 Å².